The molecule has 1 N–H and O–H groups in total. The van der Waals surface area contributed by atoms with Crippen LogP contribution in [0.15, 0.2) is 48.8 Å². The van der Waals surface area contributed by atoms with E-state index in [-0.39, 0.29) is 5.91 Å². The number of nitrogens with zero attached hydrogens (tertiary/aromatic N) is 6. The lowest BCUT2D eigenvalue weighted by Crippen LogP contribution is -2.49. The number of aryl methyl sites for hydroxylation is 2. The van der Waals surface area contributed by atoms with Gasteiger partial charge >= 0.3 is 0 Å². The molecular formula is C21H23N7O. The molecule has 3 heterocycles. The maximum atomic E-state index is 12.8. The van der Waals surface area contributed by atoms with E-state index < -0.39 is 0 Å². The highest BCUT2D eigenvalue weighted by Gasteiger charge is 2.24. The molecule has 1 aromatic carbocycles. The summed E-state index contributed by atoms with van der Waals surface area (Å²) in [6.45, 7) is 6.68. The summed E-state index contributed by atoms with van der Waals surface area (Å²) >= 11 is 0. The van der Waals surface area contributed by atoms with Crippen molar-refractivity contribution in [2.24, 2.45) is 0 Å². The van der Waals surface area contributed by atoms with Crippen LogP contribution in [0.25, 0.3) is 0 Å². The third kappa shape index (κ3) is 4.48. The molecule has 0 aliphatic carbocycles. The standard InChI is InChI=1S/C21H23N7O/c1-15-12-16(2)14-17(13-15)24-19-5-4-18(25-26-19)20(29)27-8-10-28(11-9-27)21-22-6-3-7-23-21/h3-7,12-14H,8-11H2,1-2H3,(H,24,26). The van der Waals surface area contributed by atoms with E-state index in [1.54, 1.807) is 35.5 Å². The number of nitrogens with one attached hydrogen (secondary N) is 1. The number of benzene rings is 1. The molecule has 148 valence electrons. The first kappa shape index (κ1) is 18.8. The number of hydrogen-bond acceptors (Lipinski definition) is 7. The van der Waals surface area contributed by atoms with Crippen molar-refractivity contribution < 1.29 is 4.79 Å². The second kappa shape index (κ2) is 8.22. The van der Waals surface area contributed by atoms with Gasteiger partial charge in [-0.3, -0.25) is 4.79 Å². The van der Waals surface area contributed by atoms with Gasteiger partial charge in [-0.05, 0) is 55.3 Å². The van der Waals surface area contributed by atoms with Crippen LogP contribution in [-0.4, -0.2) is 57.2 Å². The fourth-order valence-corrected chi connectivity index (χ4v) is 3.43. The van der Waals surface area contributed by atoms with Crippen LogP contribution in [0.1, 0.15) is 21.6 Å². The van der Waals surface area contributed by atoms with E-state index in [1.165, 1.54) is 11.1 Å². The van der Waals surface area contributed by atoms with Gasteiger partial charge in [0, 0.05) is 44.3 Å². The van der Waals surface area contributed by atoms with E-state index in [0.717, 1.165) is 5.69 Å². The number of amides is 1. The molecule has 2 aromatic heterocycles. The summed E-state index contributed by atoms with van der Waals surface area (Å²) in [5, 5.41) is 11.5. The molecule has 8 nitrogen and oxygen atoms in total. The Labute approximate surface area is 169 Å². The molecule has 3 aromatic rings. The number of piperazine rings is 1. The van der Waals surface area contributed by atoms with Gasteiger partial charge < -0.3 is 15.1 Å². The fourth-order valence-electron chi connectivity index (χ4n) is 3.43. The molecule has 29 heavy (non-hydrogen) atoms. The SMILES string of the molecule is Cc1cc(C)cc(Nc2ccc(C(=O)N3CCN(c4ncccn4)CC3)nn2)c1. The highest BCUT2D eigenvalue weighted by molar-refractivity contribution is 5.92. The maximum Gasteiger partial charge on any atom is 0.274 e. The van der Waals surface area contributed by atoms with Gasteiger partial charge in [0.15, 0.2) is 11.5 Å². The van der Waals surface area contributed by atoms with Crippen molar-refractivity contribution in [1.29, 1.82) is 0 Å². The number of hydrogen-bond donors (Lipinski definition) is 1. The van der Waals surface area contributed by atoms with Crippen molar-refractivity contribution in [1.82, 2.24) is 25.1 Å². The second-order valence-electron chi connectivity index (χ2n) is 7.13. The molecule has 0 bridgehead atoms. The van der Waals surface area contributed by atoms with Gasteiger partial charge in [0.05, 0.1) is 0 Å². The van der Waals surface area contributed by atoms with E-state index in [1.807, 2.05) is 12.1 Å². The number of anilines is 3. The monoisotopic (exact) mass is 389 g/mol. The van der Waals surface area contributed by atoms with Crippen molar-refractivity contribution in [2.45, 2.75) is 13.8 Å². The van der Waals surface area contributed by atoms with Gasteiger partial charge in [-0.2, -0.15) is 0 Å². The van der Waals surface area contributed by atoms with Gasteiger partial charge in [0.25, 0.3) is 5.91 Å². The summed E-state index contributed by atoms with van der Waals surface area (Å²) in [5.41, 5.74) is 3.65. The Kier molecular flexibility index (Phi) is 5.33. The second-order valence-corrected chi connectivity index (χ2v) is 7.13. The lowest BCUT2D eigenvalue weighted by atomic mass is 10.1. The molecular weight excluding hydrogens is 366 g/mol. The van der Waals surface area contributed by atoms with Crippen LogP contribution in [0.5, 0.6) is 0 Å². The van der Waals surface area contributed by atoms with E-state index in [0.29, 0.717) is 43.6 Å². The van der Waals surface area contributed by atoms with Crippen molar-refractivity contribution in [3.05, 3.63) is 65.6 Å². The van der Waals surface area contributed by atoms with Crippen LogP contribution < -0.4 is 10.2 Å². The molecule has 0 saturated carbocycles. The van der Waals surface area contributed by atoms with Crippen molar-refractivity contribution in [3.8, 4) is 0 Å². The quantitative estimate of drug-likeness (QED) is 0.734. The van der Waals surface area contributed by atoms with E-state index in [9.17, 15) is 4.79 Å². The molecule has 1 fully saturated rings. The van der Waals surface area contributed by atoms with Crippen molar-refractivity contribution in [2.75, 3.05) is 36.4 Å². The number of carbonyl (C=O) groups excluding carboxylic acids is 1. The molecule has 0 spiro atoms. The highest BCUT2D eigenvalue weighted by atomic mass is 16.2. The van der Waals surface area contributed by atoms with Crippen LogP contribution in [0.2, 0.25) is 0 Å². The number of aromatic nitrogens is 4. The Bertz CT molecular complexity index is 963. The zero-order chi connectivity index (χ0) is 20.2. The van der Waals surface area contributed by atoms with Crippen LogP contribution in [-0.2, 0) is 0 Å². The minimum Gasteiger partial charge on any atom is -0.339 e. The highest BCUT2D eigenvalue weighted by Crippen LogP contribution is 2.18. The molecule has 0 unspecified atom stereocenters. The Balaban J connectivity index is 1.37. The third-order valence-corrected chi connectivity index (χ3v) is 4.78. The summed E-state index contributed by atoms with van der Waals surface area (Å²) in [6.07, 6.45) is 3.45. The first-order valence-corrected chi connectivity index (χ1v) is 9.59. The summed E-state index contributed by atoms with van der Waals surface area (Å²) in [5.74, 6) is 1.20. The molecule has 0 radical (unpaired) electrons. The van der Waals surface area contributed by atoms with Crippen molar-refractivity contribution in [3.63, 3.8) is 0 Å². The third-order valence-electron chi connectivity index (χ3n) is 4.78. The molecule has 1 amide bonds. The molecule has 1 aliphatic heterocycles. The minimum atomic E-state index is -0.107. The molecule has 8 heteroatoms. The largest absolute Gasteiger partial charge is 0.339 e. The van der Waals surface area contributed by atoms with Crippen LogP contribution in [0.3, 0.4) is 0 Å². The number of carbonyl (C=O) groups is 1. The van der Waals surface area contributed by atoms with Gasteiger partial charge in [-0.1, -0.05) is 6.07 Å². The zero-order valence-corrected chi connectivity index (χ0v) is 16.5. The smallest absolute Gasteiger partial charge is 0.274 e. The van der Waals surface area contributed by atoms with E-state index >= 15 is 0 Å². The van der Waals surface area contributed by atoms with Gasteiger partial charge in [-0.15, -0.1) is 10.2 Å². The lowest BCUT2D eigenvalue weighted by molar-refractivity contribution is 0.0739. The predicted molar refractivity (Wildman–Crippen MR) is 111 cm³/mol. The van der Waals surface area contributed by atoms with Crippen LogP contribution >= 0.6 is 0 Å². The Morgan fingerprint density at radius 1 is 0.931 bits per heavy atom. The van der Waals surface area contributed by atoms with E-state index in [4.69, 9.17) is 0 Å². The Morgan fingerprint density at radius 2 is 1.62 bits per heavy atom. The molecule has 4 rings (SSSR count). The van der Waals surface area contributed by atoms with Gasteiger partial charge in [0.2, 0.25) is 5.95 Å². The summed E-state index contributed by atoms with van der Waals surface area (Å²) < 4.78 is 0. The average molecular weight is 389 g/mol. The Hall–Kier alpha value is -3.55. The first-order chi connectivity index (χ1) is 14.1. The van der Waals surface area contributed by atoms with E-state index in [2.05, 4.69) is 50.3 Å². The number of rotatable bonds is 4. The van der Waals surface area contributed by atoms with Crippen LogP contribution in [0, 0.1) is 13.8 Å². The summed E-state index contributed by atoms with van der Waals surface area (Å²) in [7, 11) is 0. The topological polar surface area (TPSA) is 87.1 Å². The fraction of sp³-hybridized carbons (Fsp3) is 0.286. The first-order valence-electron chi connectivity index (χ1n) is 9.59. The maximum absolute atomic E-state index is 12.8. The summed E-state index contributed by atoms with van der Waals surface area (Å²) in [6, 6.07) is 11.5. The zero-order valence-electron chi connectivity index (χ0n) is 16.5. The van der Waals surface area contributed by atoms with Gasteiger partial charge in [0.1, 0.15) is 0 Å². The lowest BCUT2D eigenvalue weighted by Gasteiger charge is -2.34. The average Bonchev–Trinajstić information content (AvgIpc) is 2.74. The Morgan fingerprint density at radius 3 is 2.24 bits per heavy atom. The molecule has 0 atom stereocenters. The minimum absolute atomic E-state index is 0.107. The molecule has 1 aliphatic rings. The van der Waals surface area contributed by atoms with Gasteiger partial charge in [-0.25, -0.2) is 9.97 Å². The normalized spacial score (nSPS) is 14.0. The molecule has 1 saturated heterocycles. The van der Waals surface area contributed by atoms with Crippen molar-refractivity contribution >= 4 is 23.4 Å². The van der Waals surface area contributed by atoms with Crippen LogP contribution in [0.4, 0.5) is 17.5 Å². The predicted octanol–water partition coefficient (Wildman–Crippen LogP) is 2.59. The summed E-state index contributed by atoms with van der Waals surface area (Å²) in [4.78, 5) is 25.2.